The maximum Gasteiger partial charge on any atom is 0.441 e. The molecule has 106 valence electrons. The quantitative estimate of drug-likeness (QED) is 0.464. The summed E-state index contributed by atoms with van der Waals surface area (Å²) in [5, 5.41) is 2.58. The summed E-state index contributed by atoms with van der Waals surface area (Å²) < 4.78 is 49.6. The highest BCUT2D eigenvalue weighted by Crippen LogP contribution is 2.30. The van der Waals surface area contributed by atoms with Gasteiger partial charge in [0.05, 0.1) is 10.2 Å². The first kappa shape index (κ1) is 16.5. The lowest BCUT2D eigenvalue weighted by Gasteiger charge is -2.11. The predicted octanol–water partition coefficient (Wildman–Crippen LogP) is 3.89. The molecular weight excluding hydrogens is 368 g/mol. The van der Waals surface area contributed by atoms with E-state index in [4.69, 9.17) is 18.0 Å². The molecule has 1 aromatic carbocycles. The average Bonchev–Trinajstić information content (AvgIpc) is 2.28. The summed E-state index contributed by atoms with van der Waals surface area (Å²) in [7, 11) is 0. The lowest BCUT2D eigenvalue weighted by molar-refractivity contribution is -0.0327. The molecule has 0 amide bonds. The van der Waals surface area contributed by atoms with Crippen LogP contribution in [0.1, 0.15) is 5.56 Å². The molecule has 1 rings (SSSR count). The molecule has 0 saturated heterocycles. The van der Waals surface area contributed by atoms with E-state index < -0.39 is 11.3 Å². The van der Waals surface area contributed by atoms with Crippen LogP contribution in [0.3, 0.4) is 0 Å². The van der Waals surface area contributed by atoms with Gasteiger partial charge in [0.25, 0.3) is 0 Å². The van der Waals surface area contributed by atoms with E-state index in [1.54, 1.807) is 0 Å². The third kappa shape index (κ3) is 5.15. The van der Waals surface area contributed by atoms with E-state index in [0.29, 0.717) is 5.56 Å². The Hall–Kier alpha value is -0.540. The molecule has 0 saturated carbocycles. The second kappa shape index (κ2) is 6.76. The number of nitrogens with one attached hydrogen (secondary N) is 1. The SMILES string of the molecule is NC(=S)c1ccc(NCCSC(F)(F)F)c(F)c1Br. The molecule has 0 aliphatic carbocycles. The molecule has 19 heavy (non-hydrogen) atoms. The predicted molar refractivity (Wildman–Crippen MR) is 77.0 cm³/mol. The van der Waals surface area contributed by atoms with Gasteiger partial charge < -0.3 is 11.1 Å². The molecule has 2 nitrogen and oxygen atoms in total. The summed E-state index contributed by atoms with van der Waals surface area (Å²) in [6.45, 7) is -0.0139. The van der Waals surface area contributed by atoms with Crippen LogP contribution in [0.25, 0.3) is 0 Å². The van der Waals surface area contributed by atoms with Crippen LogP contribution in [0.2, 0.25) is 0 Å². The van der Waals surface area contributed by atoms with Crippen molar-refractivity contribution >= 4 is 50.6 Å². The summed E-state index contributed by atoms with van der Waals surface area (Å²) in [5.41, 5.74) is 1.54. The highest BCUT2D eigenvalue weighted by atomic mass is 79.9. The largest absolute Gasteiger partial charge is 0.441 e. The van der Waals surface area contributed by atoms with Gasteiger partial charge in [-0.05, 0) is 39.8 Å². The number of hydrogen-bond donors (Lipinski definition) is 2. The minimum atomic E-state index is -4.28. The van der Waals surface area contributed by atoms with Gasteiger partial charge >= 0.3 is 5.51 Å². The van der Waals surface area contributed by atoms with Crippen molar-refractivity contribution in [1.82, 2.24) is 0 Å². The molecule has 0 aliphatic heterocycles. The molecule has 0 aromatic heterocycles. The maximum atomic E-state index is 13.8. The smallest absolute Gasteiger partial charge is 0.389 e. The van der Waals surface area contributed by atoms with Gasteiger partial charge in [0.1, 0.15) is 4.99 Å². The molecule has 0 spiro atoms. The second-order valence-corrected chi connectivity index (χ2v) is 5.77. The minimum Gasteiger partial charge on any atom is -0.389 e. The summed E-state index contributed by atoms with van der Waals surface area (Å²) in [5.74, 6) is -0.847. The monoisotopic (exact) mass is 376 g/mol. The third-order valence-electron chi connectivity index (χ3n) is 2.03. The summed E-state index contributed by atoms with van der Waals surface area (Å²) in [4.78, 5) is 0.0324. The van der Waals surface area contributed by atoms with Crippen molar-refractivity contribution < 1.29 is 17.6 Å². The maximum absolute atomic E-state index is 13.8. The number of alkyl halides is 3. The fourth-order valence-electron chi connectivity index (χ4n) is 1.23. The van der Waals surface area contributed by atoms with Crippen molar-refractivity contribution in [2.75, 3.05) is 17.6 Å². The molecule has 0 heterocycles. The van der Waals surface area contributed by atoms with E-state index in [-0.39, 0.29) is 39.2 Å². The molecule has 0 radical (unpaired) electrons. The summed E-state index contributed by atoms with van der Waals surface area (Å²) in [6.07, 6.45) is 0. The fourth-order valence-corrected chi connectivity index (χ4v) is 2.52. The molecule has 1 aromatic rings. The van der Waals surface area contributed by atoms with E-state index in [9.17, 15) is 17.6 Å². The Morgan fingerprint density at radius 1 is 1.42 bits per heavy atom. The number of hydrogen-bond acceptors (Lipinski definition) is 3. The van der Waals surface area contributed by atoms with Gasteiger partial charge in [0, 0.05) is 17.9 Å². The summed E-state index contributed by atoms with van der Waals surface area (Å²) in [6, 6.07) is 2.88. The Morgan fingerprint density at radius 3 is 2.58 bits per heavy atom. The zero-order valence-corrected chi connectivity index (χ0v) is 12.6. The van der Waals surface area contributed by atoms with Crippen molar-refractivity contribution in [3.05, 3.63) is 28.0 Å². The number of anilines is 1. The Kier molecular flexibility index (Phi) is 5.87. The van der Waals surface area contributed by atoms with Gasteiger partial charge in [-0.2, -0.15) is 13.2 Å². The van der Waals surface area contributed by atoms with Crippen molar-refractivity contribution in [3.63, 3.8) is 0 Å². The molecule has 0 aliphatic rings. The van der Waals surface area contributed by atoms with Crippen molar-refractivity contribution in [3.8, 4) is 0 Å². The molecule has 0 unspecified atom stereocenters. The highest BCUT2D eigenvalue weighted by Gasteiger charge is 2.27. The van der Waals surface area contributed by atoms with Gasteiger partial charge in [-0.15, -0.1) is 0 Å². The van der Waals surface area contributed by atoms with Crippen LogP contribution < -0.4 is 11.1 Å². The zero-order valence-electron chi connectivity index (χ0n) is 9.35. The van der Waals surface area contributed by atoms with Crippen LogP contribution in [-0.4, -0.2) is 22.8 Å². The van der Waals surface area contributed by atoms with E-state index in [0.717, 1.165) is 0 Å². The van der Waals surface area contributed by atoms with Gasteiger partial charge in [0.15, 0.2) is 5.82 Å². The number of thioether (sulfide) groups is 1. The van der Waals surface area contributed by atoms with E-state index >= 15 is 0 Å². The highest BCUT2D eigenvalue weighted by molar-refractivity contribution is 9.10. The zero-order chi connectivity index (χ0) is 14.6. The number of thiocarbonyl (C=S) groups is 1. The Morgan fingerprint density at radius 2 is 2.05 bits per heavy atom. The average molecular weight is 377 g/mol. The van der Waals surface area contributed by atoms with E-state index in [2.05, 4.69) is 21.2 Å². The van der Waals surface area contributed by atoms with Crippen molar-refractivity contribution in [2.24, 2.45) is 5.73 Å². The van der Waals surface area contributed by atoms with Crippen LogP contribution in [0.5, 0.6) is 0 Å². The van der Waals surface area contributed by atoms with Crippen LogP contribution in [0.4, 0.5) is 23.2 Å². The first-order valence-corrected chi connectivity index (χ1v) is 7.13. The van der Waals surface area contributed by atoms with E-state index in [1.165, 1.54) is 12.1 Å². The van der Waals surface area contributed by atoms with Gasteiger partial charge in [0.2, 0.25) is 0 Å². The number of halogens is 5. The minimum absolute atomic E-state index is 0.0139. The first-order chi connectivity index (χ1) is 8.72. The lowest BCUT2D eigenvalue weighted by Crippen LogP contribution is -2.13. The Bertz CT molecular complexity index is 479. The fraction of sp³-hybridized carbons (Fsp3) is 0.300. The first-order valence-electron chi connectivity index (χ1n) is 4.94. The van der Waals surface area contributed by atoms with Gasteiger partial charge in [-0.3, -0.25) is 0 Å². The Balaban J connectivity index is 2.66. The molecule has 0 bridgehead atoms. The molecule has 9 heteroatoms. The topological polar surface area (TPSA) is 38.0 Å². The lowest BCUT2D eigenvalue weighted by atomic mass is 10.2. The second-order valence-electron chi connectivity index (χ2n) is 3.37. The molecular formula is C10H9BrF4N2S2. The molecule has 3 N–H and O–H groups in total. The van der Waals surface area contributed by atoms with Crippen molar-refractivity contribution in [1.29, 1.82) is 0 Å². The standard InChI is InChI=1S/C10H9BrF4N2S2/c11-7-5(9(16)18)1-2-6(8(7)12)17-3-4-19-10(13,14)15/h1-2,17H,3-4H2,(H2,16,18). The van der Waals surface area contributed by atoms with Crippen molar-refractivity contribution in [2.45, 2.75) is 5.51 Å². The van der Waals surface area contributed by atoms with Gasteiger partial charge in [-0.1, -0.05) is 12.2 Å². The number of benzene rings is 1. The summed E-state index contributed by atoms with van der Waals surface area (Å²) >= 11 is 7.57. The van der Waals surface area contributed by atoms with Crippen LogP contribution in [0.15, 0.2) is 16.6 Å². The van der Waals surface area contributed by atoms with Gasteiger partial charge in [-0.25, -0.2) is 4.39 Å². The molecule has 0 fully saturated rings. The Labute approximate surface area is 125 Å². The van der Waals surface area contributed by atoms with Crippen LogP contribution >= 0.6 is 39.9 Å². The normalized spacial score (nSPS) is 11.4. The van der Waals surface area contributed by atoms with E-state index in [1.807, 2.05) is 0 Å². The number of rotatable bonds is 5. The third-order valence-corrected chi connectivity index (χ3v) is 3.76. The van der Waals surface area contributed by atoms with Crippen LogP contribution in [-0.2, 0) is 0 Å². The number of nitrogens with two attached hydrogens (primary N) is 1. The van der Waals surface area contributed by atoms with Crippen LogP contribution in [0, 0.1) is 5.82 Å². The molecule has 0 atom stereocenters.